The Morgan fingerprint density at radius 3 is 2.95 bits per heavy atom. The van der Waals surface area contributed by atoms with Crippen LogP contribution in [0, 0.1) is 5.92 Å². The Morgan fingerprint density at radius 2 is 2.29 bits per heavy atom. The SMILES string of the molecule is CCCC(CN)C(=O)Nc1ccc2c(c1)NC(=O)C(C)O2. The van der Waals surface area contributed by atoms with Crippen molar-refractivity contribution in [2.24, 2.45) is 11.7 Å². The largest absolute Gasteiger partial charge is 0.479 e. The first kappa shape index (κ1) is 15.3. The molecule has 6 heteroatoms. The Labute approximate surface area is 124 Å². The van der Waals surface area contributed by atoms with Crippen LogP contribution in [0.15, 0.2) is 18.2 Å². The molecule has 0 spiro atoms. The number of carbonyl (C=O) groups is 2. The number of rotatable bonds is 5. The second-order valence-corrected chi connectivity index (χ2v) is 5.17. The van der Waals surface area contributed by atoms with Crippen molar-refractivity contribution >= 4 is 23.2 Å². The van der Waals surface area contributed by atoms with Crippen molar-refractivity contribution in [3.8, 4) is 5.75 Å². The van der Waals surface area contributed by atoms with E-state index < -0.39 is 6.10 Å². The highest BCUT2D eigenvalue weighted by molar-refractivity contribution is 5.99. The summed E-state index contributed by atoms with van der Waals surface area (Å²) in [5.74, 6) is 0.105. The lowest BCUT2D eigenvalue weighted by Crippen LogP contribution is -2.34. The minimum Gasteiger partial charge on any atom is -0.479 e. The molecular formula is C15H21N3O3. The summed E-state index contributed by atoms with van der Waals surface area (Å²) >= 11 is 0. The van der Waals surface area contributed by atoms with Gasteiger partial charge in [-0.3, -0.25) is 9.59 Å². The van der Waals surface area contributed by atoms with Crippen LogP contribution in [0.4, 0.5) is 11.4 Å². The van der Waals surface area contributed by atoms with E-state index in [2.05, 4.69) is 10.6 Å². The molecule has 0 bridgehead atoms. The van der Waals surface area contributed by atoms with E-state index in [0.717, 1.165) is 12.8 Å². The molecule has 1 heterocycles. The highest BCUT2D eigenvalue weighted by Crippen LogP contribution is 2.32. The van der Waals surface area contributed by atoms with Crippen LogP contribution in [-0.4, -0.2) is 24.5 Å². The fourth-order valence-electron chi connectivity index (χ4n) is 2.24. The molecule has 4 N–H and O–H groups in total. The van der Waals surface area contributed by atoms with Crippen LogP contribution in [-0.2, 0) is 9.59 Å². The van der Waals surface area contributed by atoms with Crippen LogP contribution in [0.3, 0.4) is 0 Å². The van der Waals surface area contributed by atoms with Crippen molar-refractivity contribution < 1.29 is 14.3 Å². The molecule has 2 atom stereocenters. The number of nitrogens with two attached hydrogens (primary N) is 1. The molecule has 0 saturated carbocycles. The van der Waals surface area contributed by atoms with Crippen molar-refractivity contribution in [2.45, 2.75) is 32.8 Å². The standard InChI is InChI=1S/C15H21N3O3/c1-3-4-10(8-16)15(20)17-11-5-6-13-12(7-11)18-14(19)9(2)21-13/h5-7,9-10H,3-4,8,16H2,1-2H3,(H,17,20)(H,18,19). The molecule has 2 amide bonds. The van der Waals surface area contributed by atoms with Crippen LogP contribution in [0.2, 0.25) is 0 Å². The minimum absolute atomic E-state index is 0.101. The molecule has 2 rings (SSSR count). The van der Waals surface area contributed by atoms with Crippen molar-refractivity contribution in [2.75, 3.05) is 17.2 Å². The van der Waals surface area contributed by atoms with Crippen LogP contribution in [0.1, 0.15) is 26.7 Å². The lowest BCUT2D eigenvalue weighted by atomic mass is 10.0. The van der Waals surface area contributed by atoms with Crippen molar-refractivity contribution in [3.05, 3.63) is 18.2 Å². The molecular weight excluding hydrogens is 270 g/mol. The van der Waals surface area contributed by atoms with Gasteiger partial charge in [0, 0.05) is 12.2 Å². The van der Waals surface area contributed by atoms with Crippen molar-refractivity contribution in [3.63, 3.8) is 0 Å². The number of amides is 2. The Kier molecular flexibility index (Phi) is 4.80. The summed E-state index contributed by atoms with van der Waals surface area (Å²) in [6.45, 7) is 4.02. The maximum Gasteiger partial charge on any atom is 0.265 e. The van der Waals surface area contributed by atoms with Gasteiger partial charge in [-0.05, 0) is 31.5 Å². The molecule has 1 aromatic rings. The molecule has 0 fully saturated rings. The number of hydrogen-bond donors (Lipinski definition) is 3. The van der Waals surface area contributed by atoms with Crippen molar-refractivity contribution in [1.82, 2.24) is 0 Å². The Bertz CT molecular complexity index is 545. The third-order valence-electron chi connectivity index (χ3n) is 3.47. The molecule has 1 aliphatic heterocycles. The quantitative estimate of drug-likeness (QED) is 0.770. The van der Waals surface area contributed by atoms with E-state index in [1.807, 2.05) is 6.92 Å². The number of hydrogen-bond acceptors (Lipinski definition) is 4. The Balaban J connectivity index is 2.10. The van der Waals surface area contributed by atoms with Crippen LogP contribution >= 0.6 is 0 Å². The molecule has 0 aliphatic carbocycles. The van der Waals surface area contributed by atoms with E-state index in [9.17, 15) is 9.59 Å². The molecule has 0 aromatic heterocycles. The molecule has 0 saturated heterocycles. The van der Waals surface area contributed by atoms with E-state index in [4.69, 9.17) is 10.5 Å². The molecule has 2 unspecified atom stereocenters. The van der Waals surface area contributed by atoms with E-state index in [-0.39, 0.29) is 17.7 Å². The van der Waals surface area contributed by atoms with Gasteiger partial charge < -0.3 is 21.1 Å². The zero-order valence-electron chi connectivity index (χ0n) is 12.3. The molecule has 0 radical (unpaired) electrons. The number of fused-ring (bicyclic) bond motifs is 1. The topological polar surface area (TPSA) is 93.5 Å². The molecule has 1 aliphatic rings. The van der Waals surface area contributed by atoms with E-state index in [1.165, 1.54) is 0 Å². The second-order valence-electron chi connectivity index (χ2n) is 5.17. The maximum absolute atomic E-state index is 12.1. The summed E-state index contributed by atoms with van der Waals surface area (Å²) in [4.78, 5) is 23.7. The molecule has 1 aromatic carbocycles. The van der Waals surface area contributed by atoms with Crippen molar-refractivity contribution in [1.29, 1.82) is 0 Å². The van der Waals surface area contributed by atoms with E-state index in [1.54, 1.807) is 25.1 Å². The van der Waals surface area contributed by atoms with E-state index >= 15 is 0 Å². The summed E-state index contributed by atoms with van der Waals surface area (Å²) in [6, 6.07) is 5.18. The highest BCUT2D eigenvalue weighted by atomic mass is 16.5. The normalized spacial score (nSPS) is 18.2. The third-order valence-corrected chi connectivity index (χ3v) is 3.47. The summed E-state index contributed by atoms with van der Waals surface area (Å²) in [5, 5.41) is 5.58. The lowest BCUT2D eigenvalue weighted by Gasteiger charge is -2.24. The average Bonchev–Trinajstić information content (AvgIpc) is 2.46. The predicted molar refractivity (Wildman–Crippen MR) is 81.2 cm³/mol. The summed E-state index contributed by atoms with van der Waals surface area (Å²) in [5.41, 5.74) is 6.80. The molecule has 21 heavy (non-hydrogen) atoms. The van der Waals surface area contributed by atoms with Crippen LogP contribution < -0.4 is 21.1 Å². The summed E-state index contributed by atoms with van der Waals surface area (Å²) < 4.78 is 5.47. The van der Waals surface area contributed by atoms with Gasteiger partial charge in [-0.1, -0.05) is 13.3 Å². The maximum atomic E-state index is 12.1. The smallest absolute Gasteiger partial charge is 0.265 e. The predicted octanol–water partition coefficient (Wildman–Crippen LogP) is 1.72. The first-order valence-corrected chi connectivity index (χ1v) is 7.17. The molecule has 6 nitrogen and oxygen atoms in total. The van der Waals surface area contributed by atoms with Gasteiger partial charge >= 0.3 is 0 Å². The van der Waals surface area contributed by atoms with Gasteiger partial charge in [0.15, 0.2) is 6.10 Å². The first-order chi connectivity index (χ1) is 10.0. The third kappa shape index (κ3) is 3.52. The summed E-state index contributed by atoms with van der Waals surface area (Å²) in [7, 11) is 0. The number of nitrogens with one attached hydrogen (secondary N) is 2. The fraction of sp³-hybridized carbons (Fsp3) is 0.467. The lowest BCUT2D eigenvalue weighted by molar-refractivity contribution is -0.122. The number of benzene rings is 1. The van der Waals surface area contributed by atoms with E-state index in [0.29, 0.717) is 23.7 Å². The van der Waals surface area contributed by atoms with Gasteiger partial charge in [0.25, 0.3) is 5.91 Å². The Morgan fingerprint density at radius 1 is 1.52 bits per heavy atom. The Hall–Kier alpha value is -2.08. The van der Waals surface area contributed by atoms with Crippen LogP contribution in [0.25, 0.3) is 0 Å². The number of anilines is 2. The van der Waals surface area contributed by atoms with Gasteiger partial charge in [0.2, 0.25) is 5.91 Å². The monoisotopic (exact) mass is 291 g/mol. The second kappa shape index (κ2) is 6.58. The number of carbonyl (C=O) groups excluding carboxylic acids is 2. The number of ether oxygens (including phenoxy) is 1. The fourth-order valence-corrected chi connectivity index (χ4v) is 2.24. The summed E-state index contributed by atoms with van der Waals surface area (Å²) in [6.07, 6.45) is 1.15. The zero-order valence-corrected chi connectivity index (χ0v) is 12.3. The van der Waals surface area contributed by atoms with Gasteiger partial charge in [-0.25, -0.2) is 0 Å². The van der Waals surface area contributed by atoms with Gasteiger partial charge in [-0.15, -0.1) is 0 Å². The van der Waals surface area contributed by atoms with Gasteiger partial charge in [-0.2, -0.15) is 0 Å². The first-order valence-electron chi connectivity index (χ1n) is 7.17. The minimum atomic E-state index is -0.510. The van der Waals surface area contributed by atoms with Crippen LogP contribution in [0.5, 0.6) is 5.75 Å². The average molecular weight is 291 g/mol. The molecule has 114 valence electrons. The van der Waals surface area contributed by atoms with Gasteiger partial charge in [0.05, 0.1) is 11.6 Å². The highest BCUT2D eigenvalue weighted by Gasteiger charge is 2.24. The van der Waals surface area contributed by atoms with Gasteiger partial charge in [0.1, 0.15) is 5.75 Å². The zero-order chi connectivity index (χ0) is 15.4.